The molecule has 0 aliphatic heterocycles. The summed E-state index contributed by atoms with van der Waals surface area (Å²) in [5.74, 6) is 0. The average Bonchev–Trinajstić information content (AvgIpc) is 2.05. The monoisotopic (exact) mass is 201 g/mol. The van der Waals surface area contributed by atoms with Crippen molar-refractivity contribution in [1.82, 2.24) is 4.98 Å². The zero-order chi connectivity index (χ0) is 9.14. The fraction of sp³-hybridized carbons (Fsp3) is 0.250. The van der Waals surface area contributed by atoms with Gasteiger partial charge in [-0.25, -0.2) is 4.98 Å². The molecule has 0 fully saturated rings. The lowest BCUT2D eigenvalue weighted by molar-refractivity contribution is 0.108. The van der Waals surface area contributed by atoms with Crippen molar-refractivity contribution in [2.45, 2.75) is 13.3 Å². The van der Waals surface area contributed by atoms with Crippen LogP contribution in [-0.2, 0) is 6.42 Å². The van der Waals surface area contributed by atoms with Gasteiger partial charge in [0.1, 0.15) is 5.69 Å². The Hall–Kier alpha value is -0.540. The predicted octanol–water partition coefficient (Wildman–Crippen LogP) is 2.37. The minimum atomic E-state index is -0.393. The van der Waals surface area contributed by atoms with Crippen LogP contribution in [-0.4, -0.2) is 10.1 Å². The molecule has 0 radical (unpaired) electrons. The number of rotatable bonds is 2. The Labute approximate surface area is 81.4 Å². The van der Waals surface area contributed by atoms with E-state index < -0.39 is 5.12 Å². The van der Waals surface area contributed by atoms with Crippen molar-refractivity contribution in [3.63, 3.8) is 0 Å². The van der Waals surface area contributed by atoms with Crippen LogP contribution in [0, 0.1) is 0 Å². The molecule has 0 aromatic carbocycles. The number of pyridine rings is 1. The molecule has 0 spiro atoms. The smallest absolute Gasteiger partial charge is 0.236 e. The van der Waals surface area contributed by atoms with E-state index in [1.807, 2.05) is 6.92 Å². The number of nitrogens with zero attached hydrogens (tertiary/aromatic N) is 1. The highest BCUT2D eigenvalue weighted by molar-refractivity contribution is 7.97. The Kier molecular flexibility index (Phi) is 3.12. The second-order valence-electron chi connectivity index (χ2n) is 2.29. The summed E-state index contributed by atoms with van der Waals surface area (Å²) in [7, 11) is 0. The van der Waals surface area contributed by atoms with Gasteiger partial charge < -0.3 is 0 Å². The number of halogens is 1. The lowest BCUT2D eigenvalue weighted by atomic mass is 10.2. The summed E-state index contributed by atoms with van der Waals surface area (Å²) in [6.45, 7) is 1.96. The average molecular weight is 202 g/mol. The van der Waals surface area contributed by atoms with E-state index in [1.165, 1.54) is 0 Å². The first-order chi connectivity index (χ1) is 5.65. The van der Waals surface area contributed by atoms with E-state index in [4.69, 9.17) is 11.6 Å². The van der Waals surface area contributed by atoms with Crippen LogP contribution < -0.4 is 0 Å². The summed E-state index contributed by atoms with van der Waals surface area (Å²) in [6, 6.07) is 3.46. The first kappa shape index (κ1) is 9.55. The maximum atomic E-state index is 10.9. The summed E-state index contributed by atoms with van der Waals surface area (Å²) in [5, 5.41) is -0.0394. The van der Waals surface area contributed by atoms with Gasteiger partial charge in [0.25, 0.3) is 0 Å². The minimum Gasteiger partial charge on any atom is -0.280 e. The van der Waals surface area contributed by atoms with Crippen LogP contribution in [0.4, 0.5) is 0 Å². The quantitative estimate of drug-likeness (QED) is 0.745. The van der Waals surface area contributed by atoms with Gasteiger partial charge in [-0.05, 0) is 18.6 Å². The largest absolute Gasteiger partial charge is 0.280 e. The standard InChI is InChI=1S/C8H8ClNOS/c1-2-5-3-4-6(9)7(10-5)8(11)12/h3-4H,2H2,1H3,(H,11,12). The van der Waals surface area contributed by atoms with Crippen LogP contribution in [0.5, 0.6) is 0 Å². The van der Waals surface area contributed by atoms with Crippen molar-refractivity contribution in [2.24, 2.45) is 0 Å². The highest BCUT2D eigenvalue weighted by Gasteiger charge is 2.08. The molecule has 0 aliphatic carbocycles. The van der Waals surface area contributed by atoms with Gasteiger partial charge in [-0.15, -0.1) is 0 Å². The van der Waals surface area contributed by atoms with Gasteiger partial charge in [-0.3, -0.25) is 4.79 Å². The molecular formula is C8H8ClNOS. The number of hydrogen-bond donors (Lipinski definition) is 1. The first-order valence-electron chi connectivity index (χ1n) is 3.54. The van der Waals surface area contributed by atoms with E-state index >= 15 is 0 Å². The van der Waals surface area contributed by atoms with Crippen molar-refractivity contribution < 1.29 is 4.79 Å². The summed E-state index contributed by atoms with van der Waals surface area (Å²) in [5.41, 5.74) is 1.08. The summed E-state index contributed by atoms with van der Waals surface area (Å²) in [6.07, 6.45) is 0.783. The fourth-order valence-electron chi connectivity index (χ4n) is 0.829. The van der Waals surface area contributed by atoms with Crippen molar-refractivity contribution in [3.05, 3.63) is 28.5 Å². The molecule has 1 aromatic rings. The van der Waals surface area contributed by atoms with Crippen LogP contribution in [0.25, 0.3) is 0 Å². The third-order valence-electron chi connectivity index (χ3n) is 1.47. The number of carbonyl (C=O) groups excluding carboxylic acids is 1. The SMILES string of the molecule is CCc1ccc(Cl)c(C(=O)S)n1. The molecule has 0 aliphatic rings. The van der Waals surface area contributed by atoms with Gasteiger partial charge in [-0.1, -0.05) is 31.2 Å². The van der Waals surface area contributed by atoms with E-state index in [9.17, 15) is 4.79 Å². The molecule has 4 heteroatoms. The molecule has 0 saturated carbocycles. The Morgan fingerprint density at radius 2 is 2.33 bits per heavy atom. The van der Waals surface area contributed by atoms with E-state index in [2.05, 4.69) is 17.6 Å². The van der Waals surface area contributed by atoms with Gasteiger partial charge in [0.05, 0.1) is 5.02 Å². The predicted molar refractivity (Wildman–Crippen MR) is 51.9 cm³/mol. The number of carbonyl (C=O) groups is 1. The second kappa shape index (κ2) is 3.92. The van der Waals surface area contributed by atoms with Gasteiger partial charge >= 0.3 is 0 Å². The van der Waals surface area contributed by atoms with E-state index in [-0.39, 0.29) is 5.69 Å². The van der Waals surface area contributed by atoms with E-state index in [0.717, 1.165) is 12.1 Å². The van der Waals surface area contributed by atoms with Crippen LogP contribution in [0.3, 0.4) is 0 Å². The Morgan fingerprint density at radius 3 is 2.83 bits per heavy atom. The molecule has 2 nitrogen and oxygen atoms in total. The zero-order valence-corrected chi connectivity index (χ0v) is 8.19. The van der Waals surface area contributed by atoms with Crippen molar-refractivity contribution >= 4 is 29.3 Å². The second-order valence-corrected chi connectivity index (χ2v) is 3.11. The van der Waals surface area contributed by atoms with Gasteiger partial charge in [0.15, 0.2) is 0 Å². The van der Waals surface area contributed by atoms with Crippen LogP contribution in [0.15, 0.2) is 12.1 Å². The Bertz CT molecular complexity index is 314. The van der Waals surface area contributed by atoms with E-state index in [1.54, 1.807) is 12.1 Å². The topological polar surface area (TPSA) is 30.0 Å². The van der Waals surface area contributed by atoms with E-state index in [0.29, 0.717) is 5.02 Å². The summed E-state index contributed by atoms with van der Waals surface area (Å²) in [4.78, 5) is 14.9. The molecule has 0 N–H and O–H groups in total. The third kappa shape index (κ3) is 1.99. The summed E-state index contributed by atoms with van der Waals surface area (Å²) < 4.78 is 0. The molecule has 12 heavy (non-hydrogen) atoms. The van der Waals surface area contributed by atoms with Crippen molar-refractivity contribution in [3.8, 4) is 0 Å². The lowest BCUT2D eigenvalue weighted by Crippen LogP contribution is -1.98. The molecule has 0 amide bonds. The molecule has 0 unspecified atom stereocenters. The molecule has 1 aromatic heterocycles. The van der Waals surface area contributed by atoms with Gasteiger partial charge in [0, 0.05) is 5.69 Å². The Morgan fingerprint density at radius 1 is 1.67 bits per heavy atom. The van der Waals surface area contributed by atoms with Crippen LogP contribution >= 0.6 is 24.2 Å². The number of hydrogen-bond acceptors (Lipinski definition) is 2. The normalized spacial score (nSPS) is 9.92. The molecule has 1 heterocycles. The third-order valence-corrected chi connectivity index (χ3v) is 1.99. The molecule has 0 bridgehead atoms. The first-order valence-corrected chi connectivity index (χ1v) is 4.36. The number of aromatic nitrogens is 1. The van der Waals surface area contributed by atoms with Crippen molar-refractivity contribution in [1.29, 1.82) is 0 Å². The maximum Gasteiger partial charge on any atom is 0.236 e. The lowest BCUT2D eigenvalue weighted by Gasteiger charge is -2.00. The fourth-order valence-corrected chi connectivity index (χ4v) is 1.26. The Balaban J connectivity index is 3.17. The molecular weight excluding hydrogens is 194 g/mol. The van der Waals surface area contributed by atoms with Crippen LogP contribution in [0.2, 0.25) is 5.02 Å². The number of thiol groups is 1. The molecule has 0 saturated heterocycles. The van der Waals surface area contributed by atoms with Gasteiger partial charge in [0.2, 0.25) is 5.12 Å². The molecule has 64 valence electrons. The van der Waals surface area contributed by atoms with Gasteiger partial charge in [-0.2, -0.15) is 0 Å². The number of aryl methyl sites for hydroxylation is 1. The molecule has 0 atom stereocenters. The van der Waals surface area contributed by atoms with Crippen molar-refractivity contribution in [2.75, 3.05) is 0 Å². The minimum absolute atomic E-state index is 0.236. The zero-order valence-electron chi connectivity index (χ0n) is 6.54. The maximum absolute atomic E-state index is 10.9. The molecule has 1 rings (SSSR count). The van der Waals surface area contributed by atoms with Crippen LogP contribution in [0.1, 0.15) is 23.1 Å². The highest BCUT2D eigenvalue weighted by Crippen LogP contribution is 2.15. The summed E-state index contributed by atoms with van der Waals surface area (Å²) >= 11 is 9.37. The highest BCUT2D eigenvalue weighted by atomic mass is 35.5.